The van der Waals surface area contributed by atoms with Crippen LogP contribution in [0.3, 0.4) is 0 Å². The molecular formula is C27H39N5O5. The van der Waals surface area contributed by atoms with Gasteiger partial charge >= 0.3 is 0 Å². The zero-order valence-corrected chi connectivity index (χ0v) is 22.6. The third-order valence-corrected chi connectivity index (χ3v) is 7.03. The molecule has 2 unspecified atom stereocenters. The van der Waals surface area contributed by atoms with Gasteiger partial charge in [-0.25, -0.2) is 0 Å². The minimum absolute atomic E-state index is 0.0898. The molecule has 2 aliphatic heterocycles. The molecule has 10 nitrogen and oxygen atoms in total. The summed E-state index contributed by atoms with van der Waals surface area (Å²) in [6, 6.07) is 4.45. The van der Waals surface area contributed by atoms with Gasteiger partial charge < -0.3 is 25.3 Å². The number of nitrogens with one attached hydrogen (secondary N) is 2. The smallest absolute Gasteiger partial charge is 0.251 e. The van der Waals surface area contributed by atoms with Gasteiger partial charge in [0, 0.05) is 38.8 Å². The minimum atomic E-state index is -0.792. The number of rotatable bonds is 9. The first-order valence-electron chi connectivity index (χ1n) is 12.9. The van der Waals surface area contributed by atoms with E-state index in [1.54, 1.807) is 19.1 Å². The SMILES string of the molecule is CC[C@H](NC(C)=O)C(=O)N1CC(=O)C2C1CCN2C(=O)[C@H](CC(C)C)NC(=O)c1ccc(N(C)C)cc1. The van der Waals surface area contributed by atoms with Crippen molar-refractivity contribution in [2.45, 2.75) is 71.1 Å². The quantitative estimate of drug-likeness (QED) is 0.512. The average molecular weight is 514 g/mol. The van der Waals surface area contributed by atoms with Crippen molar-refractivity contribution < 1.29 is 24.0 Å². The number of hydrogen-bond donors (Lipinski definition) is 2. The maximum absolute atomic E-state index is 13.7. The maximum Gasteiger partial charge on any atom is 0.251 e. The summed E-state index contributed by atoms with van der Waals surface area (Å²) in [7, 11) is 3.83. The summed E-state index contributed by atoms with van der Waals surface area (Å²) in [6.07, 6.45) is 1.30. The summed E-state index contributed by atoms with van der Waals surface area (Å²) in [4.78, 5) is 69.3. The van der Waals surface area contributed by atoms with E-state index < -0.39 is 24.2 Å². The number of anilines is 1. The number of fused-ring (bicyclic) bond motifs is 1. The van der Waals surface area contributed by atoms with Crippen LogP contribution in [0.1, 0.15) is 57.3 Å². The lowest BCUT2D eigenvalue weighted by atomic mass is 10.0. The Labute approximate surface area is 218 Å². The number of amides is 4. The van der Waals surface area contributed by atoms with Gasteiger partial charge in [0.05, 0.1) is 12.6 Å². The van der Waals surface area contributed by atoms with Crippen LogP contribution in [0.15, 0.2) is 24.3 Å². The molecule has 0 spiro atoms. The molecule has 2 fully saturated rings. The Balaban J connectivity index is 1.76. The molecule has 0 aliphatic carbocycles. The molecule has 2 saturated heterocycles. The molecule has 0 bridgehead atoms. The molecule has 37 heavy (non-hydrogen) atoms. The molecule has 4 amide bonds. The van der Waals surface area contributed by atoms with E-state index in [0.717, 1.165) is 5.69 Å². The number of carbonyl (C=O) groups excluding carboxylic acids is 5. The number of hydrogen-bond acceptors (Lipinski definition) is 6. The van der Waals surface area contributed by atoms with E-state index in [-0.39, 0.29) is 41.9 Å². The predicted molar refractivity (Wildman–Crippen MR) is 140 cm³/mol. The second-order valence-electron chi connectivity index (χ2n) is 10.5. The maximum atomic E-state index is 13.7. The van der Waals surface area contributed by atoms with E-state index in [1.165, 1.54) is 16.7 Å². The van der Waals surface area contributed by atoms with Crippen LogP contribution in [-0.4, -0.2) is 90.6 Å². The lowest BCUT2D eigenvalue weighted by molar-refractivity contribution is -0.138. The number of nitrogens with zero attached hydrogens (tertiary/aromatic N) is 3. The first kappa shape index (κ1) is 28.1. The monoisotopic (exact) mass is 513 g/mol. The van der Waals surface area contributed by atoms with Crippen molar-refractivity contribution in [2.75, 3.05) is 32.1 Å². The molecule has 2 aliphatic rings. The van der Waals surface area contributed by atoms with Crippen molar-refractivity contribution in [2.24, 2.45) is 5.92 Å². The van der Waals surface area contributed by atoms with Crippen LogP contribution in [0.25, 0.3) is 0 Å². The summed E-state index contributed by atoms with van der Waals surface area (Å²) < 4.78 is 0. The summed E-state index contributed by atoms with van der Waals surface area (Å²) in [5, 5.41) is 5.53. The van der Waals surface area contributed by atoms with Gasteiger partial charge in [-0.2, -0.15) is 0 Å². The fourth-order valence-corrected chi connectivity index (χ4v) is 5.19. The summed E-state index contributed by atoms with van der Waals surface area (Å²) in [6.45, 7) is 7.32. The highest BCUT2D eigenvalue weighted by Gasteiger charge is 2.52. The van der Waals surface area contributed by atoms with Crippen molar-refractivity contribution in [1.82, 2.24) is 20.4 Å². The Morgan fingerprint density at radius 2 is 1.62 bits per heavy atom. The van der Waals surface area contributed by atoms with Crippen molar-refractivity contribution in [3.05, 3.63) is 29.8 Å². The molecule has 4 atom stereocenters. The topological polar surface area (TPSA) is 119 Å². The lowest BCUT2D eigenvalue weighted by Crippen LogP contribution is -2.53. The van der Waals surface area contributed by atoms with Gasteiger partial charge in [-0.1, -0.05) is 20.8 Å². The van der Waals surface area contributed by atoms with Crippen LogP contribution >= 0.6 is 0 Å². The van der Waals surface area contributed by atoms with Crippen LogP contribution in [0.5, 0.6) is 0 Å². The van der Waals surface area contributed by atoms with Gasteiger partial charge in [-0.05, 0) is 49.4 Å². The standard InChI is InChI=1S/C27H39N5O5/c1-7-20(28-17(4)33)26(36)32-15-23(34)24-22(32)12-13-31(24)27(37)21(14-16(2)3)29-25(35)18-8-10-19(11-9-18)30(5)6/h8-11,16,20-22,24H,7,12-15H2,1-6H3,(H,28,33)(H,29,35)/t20-,21-,22?,24?/m0/s1. The normalized spacial score (nSPS) is 20.5. The minimum Gasteiger partial charge on any atom is -0.378 e. The fraction of sp³-hybridized carbons (Fsp3) is 0.593. The zero-order valence-electron chi connectivity index (χ0n) is 22.6. The molecule has 1 aromatic rings. The van der Waals surface area contributed by atoms with Crippen LogP contribution in [0.2, 0.25) is 0 Å². The third-order valence-electron chi connectivity index (χ3n) is 7.03. The Morgan fingerprint density at radius 1 is 1.00 bits per heavy atom. The Hall–Kier alpha value is -3.43. The second-order valence-corrected chi connectivity index (χ2v) is 10.5. The fourth-order valence-electron chi connectivity index (χ4n) is 5.19. The molecule has 1 aromatic carbocycles. The van der Waals surface area contributed by atoms with Crippen molar-refractivity contribution in [3.8, 4) is 0 Å². The van der Waals surface area contributed by atoms with E-state index in [2.05, 4.69) is 10.6 Å². The number of Topliss-reactive ketones (excluding diaryl/α,β-unsaturated/α-hetero) is 1. The van der Waals surface area contributed by atoms with Gasteiger partial charge in [0.1, 0.15) is 18.1 Å². The molecule has 202 valence electrons. The molecule has 3 rings (SSSR count). The number of likely N-dealkylation sites (tertiary alicyclic amines) is 2. The highest BCUT2D eigenvalue weighted by atomic mass is 16.2. The van der Waals surface area contributed by atoms with E-state index >= 15 is 0 Å². The molecular weight excluding hydrogens is 474 g/mol. The summed E-state index contributed by atoms with van der Waals surface area (Å²) >= 11 is 0. The molecule has 2 heterocycles. The number of benzene rings is 1. The summed E-state index contributed by atoms with van der Waals surface area (Å²) in [5.41, 5.74) is 1.40. The van der Waals surface area contributed by atoms with Crippen molar-refractivity contribution in [3.63, 3.8) is 0 Å². The van der Waals surface area contributed by atoms with E-state index in [9.17, 15) is 24.0 Å². The highest BCUT2D eigenvalue weighted by molar-refractivity contribution is 6.01. The number of ketones is 1. The van der Waals surface area contributed by atoms with Crippen molar-refractivity contribution >= 4 is 35.1 Å². The van der Waals surface area contributed by atoms with E-state index in [0.29, 0.717) is 31.4 Å². The molecule has 0 aromatic heterocycles. The average Bonchev–Trinajstić information content (AvgIpc) is 3.42. The lowest BCUT2D eigenvalue weighted by Gasteiger charge is -2.29. The van der Waals surface area contributed by atoms with E-state index in [1.807, 2.05) is 45.0 Å². The zero-order chi connectivity index (χ0) is 27.4. The van der Waals surface area contributed by atoms with Gasteiger partial charge in [-0.3, -0.25) is 24.0 Å². The van der Waals surface area contributed by atoms with Crippen molar-refractivity contribution in [1.29, 1.82) is 0 Å². The Morgan fingerprint density at radius 3 is 2.16 bits per heavy atom. The van der Waals surface area contributed by atoms with Gasteiger partial charge in [-0.15, -0.1) is 0 Å². The van der Waals surface area contributed by atoms with Crippen LogP contribution in [-0.2, 0) is 19.2 Å². The largest absolute Gasteiger partial charge is 0.378 e. The number of carbonyl (C=O) groups is 5. The van der Waals surface area contributed by atoms with Crippen LogP contribution in [0.4, 0.5) is 5.69 Å². The third kappa shape index (κ3) is 6.29. The predicted octanol–water partition coefficient (Wildman–Crippen LogP) is 1.19. The highest BCUT2D eigenvalue weighted by Crippen LogP contribution is 2.31. The van der Waals surface area contributed by atoms with Crippen LogP contribution < -0.4 is 15.5 Å². The molecule has 0 radical (unpaired) electrons. The summed E-state index contributed by atoms with van der Waals surface area (Å²) in [5.74, 6) is -1.35. The molecule has 10 heteroatoms. The van der Waals surface area contributed by atoms with E-state index in [4.69, 9.17) is 0 Å². The van der Waals surface area contributed by atoms with Gasteiger partial charge in [0.2, 0.25) is 17.7 Å². The Kier molecular flexibility index (Phi) is 8.94. The van der Waals surface area contributed by atoms with Gasteiger partial charge in [0.25, 0.3) is 5.91 Å². The molecule has 0 saturated carbocycles. The first-order valence-corrected chi connectivity index (χ1v) is 12.9. The Bertz CT molecular complexity index is 1040. The first-order chi connectivity index (χ1) is 17.4. The second kappa shape index (κ2) is 11.7. The van der Waals surface area contributed by atoms with Gasteiger partial charge in [0.15, 0.2) is 5.78 Å². The molecule has 2 N–H and O–H groups in total. The van der Waals surface area contributed by atoms with Crippen LogP contribution in [0, 0.1) is 5.92 Å².